The van der Waals surface area contributed by atoms with Gasteiger partial charge in [-0.15, -0.1) is 0 Å². The summed E-state index contributed by atoms with van der Waals surface area (Å²) in [5.41, 5.74) is 2.93. The van der Waals surface area contributed by atoms with E-state index in [1.807, 2.05) is 0 Å². The van der Waals surface area contributed by atoms with E-state index in [0.717, 1.165) is 47.3 Å². The van der Waals surface area contributed by atoms with E-state index >= 15 is 0 Å². The minimum atomic E-state index is 0.00244. The van der Waals surface area contributed by atoms with Crippen LogP contribution in [0.5, 0.6) is 0 Å². The van der Waals surface area contributed by atoms with E-state index in [4.69, 9.17) is 10.2 Å². The van der Waals surface area contributed by atoms with E-state index in [0.29, 0.717) is 0 Å². The third kappa shape index (κ3) is 1.13. The molecule has 8 atom stereocenters. The van der Waals surface area contributed by atoms with E-state index < -0.39 is 0 Å². The Bertz CT molecular complexity index is 857. The van der Waals surface area contributed by atoms with Gasteiger partial charge in [0.15, 0.2) is 0 Å². The van der Waals surface area contributed by atoms with Crippen molar-refractivity contribution in [3.05, 3.63) is 71.8 Å². The van der Waals surface area contributed by atoms with Crippen LogP contribution in [0.4, 0.5) is 0 Å². The Morgan fingerprint density at radius 3 is 1.23 bits per heavy atom. The molecule has 5 saturated carbocycles. The first-order chi connectivity index (χ1) is 12.9. The monoisotopic (exact) mass is 338 g/mol. The minimum Gasteiger partial charge on any atom is -0.181 e. The van der Waals surface area contributed by atoms with Crippen LogP contribution in [-0.2, 0) is 11.1 Å². The number of hydrogen-bond donors (Lipinski definition) is 0. The van der Waals surface area contributed by atoms with Crippen molar-refractivity contribution in [1.82, 2.24) is 0 Å². The van der Waals surface area contributed by atoms with E-state index in [2.05, 4.69) is 60.7 Å². The molecule has 0 spiro atoms. The standard InChI is InChI=1S/C24H22N2/c1-3-7-13(8-4-1)23-19-15-11-17(15)21(19)24(26-25-23,14-9-5-2-6-10-14)22-18-12-16(18)20(22)23/h1-10,15-22H,11-12H2. The predicted octanol–water partition coefficient (Wildman–Crippen LogP) is 5.02. The molecule has 5 fully saturated rings. The molecular weight excluding hydrogens is 316 g/mol. The summed E-state index contributed by atoms with van der Waals surface area (Å²) < 4.78 is 0. The fourth-order valence-corrected chi connectivity index (χ4v) is 8.47. The second-order valence-corrected chi connectivity index (χ2v) is 9.81. The molecule has 0 aromatic heterocycles. The predicted molar refractivity (Wildman–Crippen MR) is 98.3 cm³/mol. The summed E-state index contributed by atoms with van der Waals surface area (Å²) in [5.74, 6) is 6.60. The first-order valence-corrected chi connectivity index (χ1v) is 10.4. The molecule has 9 rings (SSSR count). The van der Waals surface area contributed by atoms with Gasteiger partial charge in [-0.2, -0.15) is 10.2 Å². The maximum atomic E-state index is 5.29. The van der Waals surface area contributed by atoms with Gasteiger partial charge < -0.3 is 0 Å². The van der Waals surface area contributed by atoms with Crippen LogP contribution in [0.2, 0.25) is 0 Å². The maximum absolute atomic E-state index is 5.29. The zero-order valence-electron chi connectivity index (χ0n) is 14.7. The van der Waals surface area contributed by atoms with Crippen LogP contribution in [0.3, 0.4) is 0 Å². The molecule has 2 aromatic carbocycles. The number of azo groups is 1. The molecule has 0 N–H and O–H groups in total. The Labute approximate surface area is 153 Å². The molecule has 128 valence electrons. The highest BCUT2D eigenvalue weighted by molar-refractivity contribution is 5.47. The smallest absolute Gasteiger partial charge is 0.113 e. The van der Waals surface area contributed by atoms with Crippen LogP contribution >= 0.6 is 0 Å². The Morgan fingerprint density at radius 1 is 0.538 bits per heavy atom. The molecule has 8 unspecified atom stereocenters. The van der Waals surface area contributed by atoms with Crippen molar-refractivity contribution >= 4 is 0 Å². The topological polar surface area (TPSA) is 24.7 Å². The Hall–Kier alpha value is -1.96. The number of nitrogens with zero attached hydrogens (tertiary/aromatic N) is 2. The Morgan fingerprint density at radius 2 is 0.885 bits per heavy atom. The van der Waals surface area contributed by atoms with Crippen LogP contribution < -0.4 is 0 Å². The van der Waals surface area contributed by atoms with Crippen molar-refractivity contribution in [3.63, 3.8) is 0 Å². The molecule has 2 heterocycles. The number of hydrogen-bond acceptors (Lipinski definition) is 2. The summed E-state index contributed by atoms with van der Waals surface area (Å²) >= 11 is 0. The van der Waals surface area contributed by atoms with E-state index in [1.54, 1.807) is 0 Å². The van der Waals surface area contributed by atoms with Gasteiger partial charge in [0.05, 0.1) is 0 Å². The lowest BCUT2D eigenvalue weighted by Gasteiger charge is -2.71. The van der Waals surface area contributed by atoms with Gasteiger partial charge in [-0.1, -0.05) is 60.7 Å². The van der Waals surface area contributed by atoms with Crippen LogP contribution in [0.25, 0.3) is 0 Å². The summed E-state index contributed by atoms with van der Waals surface area (Å²) in [6.07, 6.45) is 2.86. The first-order valence-electron chi connectivity index (χ1n) is 10.4. The van der Waals surface area contributed by atoms with Crippen molar-refractivity contribution in [2.75, 3.05) is 0 Å². The Balaban J connectivity index is 1.43. The molecule has 2 bridgehead atoms. The molecule has 2 heteroatoms. The first kappa shape index (κ1) is 13.2. The number of rotatable bonds is 2. The van der Waals surface area contributed by atoms with E-state index in [1.165, 1.54) is 24.0 Å². The molecule has 26 heavy (non-hydrogen) atoms. The van der Waals surface area contributed by atoms with Gasteiger partial charge in [0, 0.05) is 0 Å². The summed E-state index contributed by atoms with van der Waals surface area (Å²) in [7, 11) is 0. The summed E-state index contributed by atoms with van der Waals surface area (Å²) in [4.78, 5) is 0. The lowest BCUT2D eigenvalue weighted by molar-refractivity contribution is -0.200. The summed E-state index contributed by atoms with van der Waals surface area (Å²) in [6.45, 7) is 0. The van der Waals surface area contributed by atoms with Gasteiger partial charge in [-0.05, 0) is 71.3 Å². The second-order valence-electron chi connectivity index (χ2n) is 9.81. The molecule has 7 aliphatic rings. The highest BCUT2D eigenvalue weighted by Gasteiger charge is 2.88. The quantitative estimate of drug-likeness (QED) is 0.734. The van der Waals surface area contributed by atoms with E-state index in [9.17, 15) is 0 Å². The third-order valence-electron chi connectivity index (χ3n) is 9.29. The molecule has 0 saturated heterocycles. The molecule has 5 aliphatic carbocycles. The normalized spacial score (nSPS) is 55.5. The summed E-state index contributed by atoms with van der Waals surface area (Å²) in [6, 6.07) is 22.5. The molecule has 2 aromatic rings. The average Bonchev–Trinajstić information content (AvgIpc) is 3.57. The van der Waals surface area contributed by atoms with Crippen LogP contribution in [-0.4, -0.2) is 0 Å². The zero-order valence-corrected chi connectivity index (χ0v) is 14.7. The van der Waals surface area contributed by atoms with Crippen LogP contribution in [0.15, 0.2) is 70.9 Å². The minimum absolute atomic E-state index is 0.00244. The summed E-state index contributed by atoms with van der Waals surface area (Å²) in [5, 5.41) is 10.6. The fraction of sp³-hybridized carbons (Fsp3) is 0.500. The van der Waals surface area contributed by atoms with Crippen molar-refractivity contribution in [1.29, 1.82) is 0 Å². The van der Waals surface area contributed by atoms with Crippen LogP contribution in [0, 0.1) is 47.3 Å². The van der Waals surface area contributed by atoms with Crippen molar-refractivity contribution in [2.45, 2.75) is 23.9 Å². The molecule has 2 nitrogen and oxygen atoms in total. The van der Waals surface area contributed by atoms with Crippen molar-refractivity contribution < 1.29 is 0 Å². The lowest BCUT2D eigenvalue weighted by atomic mass is 9.36. The van der Waals surface area contributed by atoms with Gasteiger partial charge in [0.1, 0.15) is 11.1 Å². The number of benzene rings is 2. The highest BCUT2D eigenvalue weighted by Crippen LogP contribution is 2.89. The zero-order chi connectivity index (χ0) is 16.7. The Kier molecular flexibility index (Phi) is 1.95. The largest absolute Gasteiger partial charge is 0.181 e. The van der Waals surface area contributed by atoms with Gasteiger partial charge in [-0.25, -0.2) is 0 Å². The van der Waals surface area contributed by atoms with Crippen LogP contribution in [0.1, 0.15) is 24.0 Å². The molecule has 2 aliphatic heterocycles. The number of fused-ring (bicyclic) bond motifs is 2. The molecule has 0 radical (unpaired) electrons. The molecule has 0 amide bonds. The lowest BCUT2D eigenvalue weighted by Crippen LogP contribution is -2.72. The highest BCUT2D eigenvalue weighted by atomic mass is 15.3. The second kappa shape index (κ2) is 3.83. The van der Waals surface area contributed by atoms with E-state index in [-0.39, 0.29) is 11.1 Å². The van der Waals surface area contributed by atoms with Gasteiger partial charge in [0.2, 0.25) is 0 Å². The van der Waals surface area contributed by atoms with Gasteiger partial charge in [-0.3, -0.25) is 0 Å². The van der Waals surface area contributed by atoms with Crippen molar-refractivity contribution in [3.8, 4) is 0 Å². The van der Waals surface area contributed by atoms with Gasteiger partial charge in [0.25, 0.3) is 0 Å². The van der Waals surface area contributed by atoms with Crippen molar-refractivity contribution in [2.24, 2.45) is 57.6 Å². The maximum Gasteiger partial charge on any atom is 0.113 e. The fourth-order valence-electron chi connectivity index (χ4n) is 8.47. The third-order valence-corrected chi connectivity index (χ3v) is 9.29. The van der Waals surface area contributed by atoms with Gasteiger partial charge >= 0.3 is 0 Å². The average molecular weight is 338 g/mol. The SMILES string of the molecule is c1ccc(C23N=NC(c4ccccc4)(C4C5CC5C42)C2C4CC4C23)cc1. The molecular formula is C24H22N2.